The monoisotopic (exact) mass is 515 g/mol. The van der Waals surface area contributed by atoms with E-state index in [4.69, 9.17) is 38.5 Å². The molecule has 4 rings (SSSR count). The molecule has 0 saturated heterocycles. The van der Waals surface area contributed by atoms with Gasteiger partial charge in [-0.3, -0.25) is 4.57 Å². The Bertz CT molecular complexity index is 1060. The van der Waals surface area contributed by atoms with E-state index in [-0.39, 0.29) is 50.9 Å². The molecule has 2 unspecified atom stereocenters. The minimum Gasteiger partial charge on any atom is -0.382 e. The molecule has 0 amide bonds. The number of hydrogen-bond donors (Lipinski definition) is 1. The molecule has 0 radical (unpaired) electrons. The van der Waals surface area contributed by atoms with Crippen LogP contribution in [0, 0.1) is 5.92 Å². The second-order valence-electron chi connectivity index (χ2n) is 8.70. The lowest BCUT2D eigenvalue weighted by atomic mass is 9.91. The maximum atomic E-state index is 13.2. The lowest BCUT2D eigenvalue weighted by Crippen LogP contribution is -2.52. The average molecular weight is 516 g/mol. The molecule has 13 nitrogen and oxygen atoms in total. The van der Waals surface area contributed by atoms with Crippen molar-refractivity contribution >= 4 is 24.6 Å². The molecule has 2 aliphatic carbocycles. The number of methoxy groups -OCH3 is 2. The number of anilines is 1. The Kier molecular flexibility index (Phi) is 7.79. The van der Waals surface area contributed by atoms with E-state index in [1.54, 1.807) is 34.4 Å². The molecule has 2 aromatic heterocycles. The first-order valence-corrected chi connectivity index (χ1v) is 13.2. The molecule has 0 aliphatic heterocycles. The van der Waals surface area contributed by atoms with Gasteiger partial charge >= 0.3 is 7.60 Å². The second kappa shape index (κ2) is 10.3. The molecule has 0 aromatic carbocycles. The summed E-state index contributed by atoms with van der Waals surface area (Å²) in [6.07, 6.45) is 2.87. The second-order valence-corrected chi connectivity index (χ2v) is 10.7. The fraction of sp³-hybridized carbons (Fsp3) is 0.762. The van der Waals surface area contributed by atoms with Crippen LogP contribution in [0.15, 0.2) is 12.7 Å². The van der Waals surface area contributed by atoms with Gasteiger partial charge < -0.3 is 43.0 Å². The largest absolute Gasteiger partial charge is 0.382 e. The zero-order valence-corrected chi connectivity index (χ0v) is 21.6. The molecular weight excluding hydrogens is 481 g/mol. The first-order chi connectivity index (χ1) is 16.8. The third-order valence-corrected chi connectivity index (χ3v) is 8.36. The third kappa shape index (κ3) is 4.60. The van der Waals surface area contributed by atoms with E-state index in [1.807, 2.05) is 11.5 Å². The summed E-state index contributed by atoms with van der Waals surface area (Å²) >= 11 is 0. The first kappa shape index (κ1) is 26.4. The van der Waals surface area contributed by atoms with E-state index >= 15 is 0 Å². The van der Waals surface area contributed by atoms with Crippen molar-refractivity contribution in [1.29, 1.82) is 0 Å². The number of aromatic nitrogens is 4. The molecule has 35 heavy (non-hydrogen) atoms. The third-order valence-electron chi connectivity index (χ3n) is 6.61. The van der Waals surface area contributed by atoms with E-state index < -0.39 is 24.9 Å². The molecule has 0 spiro atoms. The van der Waals surface area contributed by atoms with Crippen LogP contribution in [0.25, 0.3) is 11.2 Å². The molecule has 2 saturated carbocycles. The van der Waals surface area contributed by atoms with Gasteiger partial charge in [-0.05, 0) is 27.2 Å². The normalized spacial score (nSPS) is 30.1. The summed E-state index contributed by atoms with van der Waals surface area (Å²) in [5.74, 6) is 0.197. The molecule has 2 aromatic rings. The van der Waals surface area contributed by atoms with Crippen molar-refractivity contribution in [2.24, 2.45) is 5.92 Å². The van der Waals surface area contributed by atoms with Gasteiger partial charge in [-0.2, -0.15) is 0 Å². The van der Waals surface area contributed by atoms with Gasteiger partial charge in [-0.15, -0.1) is 0 Å². The topological polar surface area (TPSA) is 151 Å². The molecule has 2 fully saturated rings. The molecule has 14 heteroatoms. The van der Waals surface area contributed by atoms with Crippen molar-refractivity contribution in [1.82, 2.24) is 19.5 Å². The molecular formula is C21H34N5O8P. The van der Waals surface area contributed by atoms with Crippen LogP contribution in [0.1, 0.15) is 33.2 Å². The van der Waals surface area contributed by atoms with E-state index in [0.717, 1.165) is 0 Å². The van der Waals surface area contributed by atoms with E-state index in [2.05, 4.69) is 15.0 Å². The van der Waals surface area contributed by atoms with Crippen molar-refractivity contribution in [3.05, 3.63) is 12.7 Å². The Morgan fingerprint density at radius 2 is 1.83 bits per heavy atom. The zero-order valence-electron chi connectivity index (χ0n) is 20.7. The van der Waals surface area contributed by atoms with Crippen LogP contribution in [-0.2, 0) is 37.3 Å². The predicted molar refractivity (Wildman–Crippen MR) is 125 cm³/mol. The van der Waals surface area contributed by atoms with Gasteiger partial charge in [0.1, 0.15) is 49.1 Å². The SMILES string of the molecule is CCOP(=O)(CO[C@@]12CC1[C@@H](n1cnc3c(N)ncnc31)[C@](C)(OCOC)C2OCOC)OCC. The van der Waals surface area contributed by atoms with E-state index in [9.17, 15) is 4.57 Å². The number of nitrogen functional groups attached to an aromatic ring is 1. The maximum Gasteiger partial charge on any atom is 0.356 e. The number of hydrogen-bond acceptors (Lipinski definition) is 12. The minimum atomic E-state index is -3.46. The Morgan fingerprint density at radius 1 is 1.11 bits per heavy atom. The fourth-order valence-corrected chi connectivity index (χ4v) is 6.69. The van der Waals surface area contributed by atoms with Gasteiger partial charge in [0.15, 0.2) is 11.5 Å². The molecule has 2 heterocycles. The molecule has 0 bridgehead atoms. The highest BCUT2D eigenvalue weighted by Crippen LogP contribution is 2.69. The minimum absolute atomic E-state index is 0.00945. The van der Waals surface area contributed by atoms with Crippen molar-refractivity contribution in [3.63, 3.8) is 0 Å². The van der Waals surface area contributed by atoms with Gasteiger partial charge in [-0.25, -0.2) is 15.0 Å². The average Bonchev–Trinajstić information content (AvgIpc) is 3.29. The quantitative estimate of drug-likeness (QED) is 0.290. The molecule has 196 valence electrons. The van der Waals surface area contributed by atoms with Crippen LogP contribution >= 0.6 is 7.60 Å². The summed E-state index contributed by atoms with van der Waals surface area (Å²) in [7, 11) is -0.371. The van der Waals surface area contributed by atoms with Gasteiger partial charge in [0.2, 0.25) is 0 Å². The van der Waals surface area contributed by atoms with Crippen molar-refractivity contribution < 1.29 is 37.3 Å². The number of nitrogens with zero attached hydrogens (tertiary/aromatic N) is 4. The summed E-state index contributed by atoms with van der Waals surface area (Å²) in [4.78, 5) is 12.9. The standard InChI is InChI=1S/C21H34N5O8P/c1-6-33-35(27,34-7-2)13-32-21-8-14(21)16(20(3,31-12-29-5)19(21)30-11-28-4)26-10-25-15-17(22)23-9-24-18(15)26/h9-10,14,16,19H,6-8,11-13H2,1-5H3,(H2,22,23,24)/t14?,16-,19?,20+,21+/m1/s1. The van der Waals surface area contributed by atoms with E-state index in [1.165, 1.54) is 6.33 Å². The van der Waals surface area contributed by atoms with Gasteiger partial charge in [-0.1, -0.05) is 0 Å². The van der Waals surface area contributed by atoms with E-state index in [0.29, 0.717) is 17.6 Å². The lowest BCUT2D eigenvalue weighted by Gasteiger charge is -2.40. The number of rotatable bonds is 14. The Labute approximate surface area is 204 Å². The summed E-state index contributed by atoms with van der Waals surface area (Å²) in [6.45, 7) is 5.94. The Hall–Kier alpha value is -1.70. The summed E-state index contributed by atoms with van der Waals surface area (Å²) in [6, 6.07) is -0.322. The highest BCUT2D eigenvalue weighted by molar-refractivity contribution is 7.53. The smallest absolute Gasteiger partial charge is 0.356 e. The molecule has 2 aliphatic rings. The number of imidazole rings is 1. The molecule has 2 N–H and O–H groups in total. The van der Waals surface area contributed by atoms with Crippen molar-refractivity contribution in [2.75, 3.05) is 53.1 Å². The predicted octanol–water partition coefficient (Wildman–Crippen LogP) is 2.33. The van der Waals surface area contributed by atoms with Crippen molar-refractivity contribution in [3.8, 4) is 0 Å². The summed E-state index contributed by atoms with van der Waals surface area (Å²) in [5, 5.41) is 0. The lowest BCUT2D eigenvalue weighted by molar-refractivity contribution is -0.230. The summed E-state index contributed by atoms with van der Waals surface area (Å²) < 4.78 is 55.3. The zero-order chi connectivity index (χ0) is 25.3. The van der Waals surface area contributed by atoms with Crippen LogP contribution in [0.2, 0.25) is 0 Å². The molecule has 5 atom stereocenters. The number of fused-ring (bicyclic) bond motifs is 2. The summed E-state index contributed by atoms with van der Waals surface area (Å²) in [5.41, 5.74) is 5.31. The van der Waals surface area contributed by atoms with Gasteiger partial charge in [0, 0.05) is 20.1 Å². The Morgan fingerprint density at radius 3 is 2.49 bits per heavy atom. The van der Waals surface area contributed by atoms with Crippen LogP contribution in [0.4, 0.5) is 5.82 Å². The number of nitrogens with two attached hydrogens (primary N) is 1. The van der Waals surface area contributed by atoms with Crippen LogP contribution in [0.3, 0.4) is 0 Å². The first-order valence-electron chi connectivity index (χ1n) is 11.5. The highest BCUT2D eigenvalue weighted by atomic mass is 31.2. The fourth-order valence-electron chi connectivity index (χ4n) is 5.28. The van der Waals surface area contributed by atoms with Crippen LogP contribution < -0.4 is 5.73 Å². The highest BCUT2D eigenvalue weighted by Gasteiger charge is 2.79. The van der Waals surface area contributed by atoms with Crippen LogP contribution in [-0.4, -0.2) is 84.2 Å². The number of ether oxygens (including phenoxy) is 5. The van der Waals surface area contributed by atoms with Gasteiger partial charge in [0.05, 0.1) is 25.6 Å². The maximum absolute atomic E-state index is 13.2. The van der Waals surface area contributed by atoms with Gasteiger partial charge in [0.25, 0.3) is 0 Å². The Balaban J connectivity index is 1.74. The van der Waals surface area contributed by atoms with Crippen LogP contribution in [0.5, 0.6) is 0 Å². The van der Waals surface area contributed by atoms with Crippen molar-refractivity contribution in [2.45, 2.75) is 50.5 Å².